The number of carbonyl (C=O) groups is 1. The van der Waals surface area contributed by atoms with Gasteiger partial charge in [-0.05, 0) is 50.8 Å². The number of piperidine rings is 1. The highest BCUT2D eigenvalue weighted by Gasteiger charge is 2.29. The van der Waals surface area contributed by atoms with Crippen molar-refractivity contribution in [1.82, 2.24) is 20.0 Å². The lowest BCUT2D eigenvalue weighted by molar-refractivity contribution is -0.124. The van der Waals surface area contributed by atoms with Gasteiger partial charge in [0.2, 0.25) is 5.91 Å². The second-order valence-electron chi connectivity index (χ2n) is 9.65. The van der Waals surface area contributed by atoms with E-state index in [0.29, 0.717) is 25.6 Å². The average molecular weight is 468 g/mol. The number of likely N-dealkylation sites (tertiary alicyclic amines) is 1. The summed E-state index contributed by atoms with van der Waals surface area (Å²) in [5.41, 5.74) is 3.33. The number of aromatic nitrogens is 2. The molecule has 2 aliphatic heterocycles. The summed E-state index contributed by atoms with van der Waals surface area (Å²) in [5.74, 6) is 0.627. The van der Waals surface area contributed by atoms with Crippen LogP contribution in [-0.2, 0) is 22.6 Å². The molecule has 0 spiro atoms. The zero-order valence-corrected chi connectivity index (χ0v) is 20.4. The van der Waals surface area contributed by atoms with E-state index in [1.807, 2.05) is 0 Å². The third-order valence-corrected chi connectivity index (χ3v) is 7.05. The Morgan fingerprint density at radius 3 is 2.74 bits per heavy atom. The molecule has 2 aromatic rings. The van der Waals surface area contributed by atoms with Gasteiger partial charge in [0.1, 0.15) is 0 Å². The first-order chi connectivity index (χ1) is 16.5. The maximum atomic E-state index is 12.8. The molecule has 1 amide bonds. The molecule has 1 N–H and O–H groups in total. The van der Waals surface area contributed by atoms with E-state index in [0.717, 1.165) is 57.7 Å². The summed E-state index contributed by atoms with van der Waals surface area (Å²) in [6, 6.07) is 10.3. The summed E-state index contributed by atoms with van der Waals surface area (Å²) in [4.78, 5) is 29.7. The van der Waals surface area contributed by atoms with Gasteiger partial charge in [0, 0.05) is 39.4 Å². The Labute approximate surface area is 201 Å². The standard InChI is InChI=1S/C26H37N5O3/c1-20-4-3-5-22(14-20)18-29-9-6-21(7-10-29)16-27-26(33)23-8-11-30(19-23)24-15-25(32)31(28-17-24)12-13-34-2/h3-5,14-15,17,21,23H,6-13,16,18-19H2,1-2H3,(H,27,33). The van der Waals surface area contributed by atoms with Crippen LogP contribution in [0.5, 0.6) is 0 Å². The molecular weight excluding hydrogens is 430 g/mol. The van der Waals surface area contributed by atoms with E-state index in [4.69, 9.17) is 4.74 Å². The number of aryl methyl sites for hydroxylation is 1. The number of nitrogens with one attached hydrogen (secondary N) is 1. The maximum Gasteiger partial charge on any atom is 0.268 e. The number of amides is 1. The van der Waals surface area contributed by atoms with Crippen molar-refractivity contribution >= 4 is 11.6 Å². The highest BCUT2D eigenvalue weighted by atomic mass is 16.5. The number of carbonyl (C=O) groups excluding carboxylic acids is 1. The predicted molar refractivity (Wildman–Crippen MR) is 133 cm³/mol. The van der Waals surface area contributed by atoms with Gasteiger partial charge in [0.25, 0.3) is 5.56 Å². The van der Waals surface area contributed by atoms with E-state index in [9.17, 15) is 9.59 Å². The van der Waals surface area contributed by atoms with E-state index >= 15 is 0 Å². The minimum Gasteiger partial charge on any atom is -0.383 e. The molecule has 2 fully saturated rings. The van der Waals surface area contributed by atoms with Crippen LogP contribution in [0, 0.1) is 18.8 Å². The zero-order valence-electron chi connectivity index (χ0n) is 20.4. The molecule has 0 saturated carbocycles. The van der Waals surface area contributed by atoms with Crippen molar-refractivity contribution in [2.75, 3.05) is 51.3 Å². The lowest BCUT2D eigenvalue weighted by atomic mass is 9.96. The van der Waals surface area contributed by atoms with Crippen LogP contribution in [0.4, 0.5) is 5.69 Å². The molecule has 1 atom stereocenters. The van der Waals surface area contributed by atoms with E-state index in [-0.39, 0.29) is 17.4 Å². The van der Waals surface area contributed by atoms with Crippen molar-refractivity contribution in [1.29, 1.82) is 0 Å². The van der Waals surface area contributed by atoms with Crippen LogP contribution in [0.15, 0.2) is 41.3 Å². The third-order valence-electron chi connectivity index (χ3n) is 7.05. The summed E-state index contributed by atoms with van der Waals surface area (Å²) in [7, 11) is 1.60. The normalized spacial score (nSPS) is 19.5. The summed E-state index contributed by atoms with van der Waals surface area (Å²) in [5, 5.41) is 7.44. The smallest absolute Gasteiger partial charge is 0.268 e. The Bertz CT molecular complexity index is 1020. The van der Waals surface area contributed by atoms with Gasteiger partial charge in [-0.3, -0.25) is 14.5 Å². The Morgan fingerprint density at radius 1 is 1.18 bits per heavy atom. The van der Waals surface area contributed by atoms with Crippen molar-refractivity contribution in [3.05, 3.63) is 58.0 Å². The molecule has 0 bridgehead atoms. The quantitative estimate of drug-likeness (QED) is 0.608. The van der Waals surface area contributed by atoms with Gasteiger partial charge in [0.05, 0.1) is 31.0 Å². The van der Waals surface area contributed by atoms with E-state index in [1.165, 1.54) is 15.8 Å². The number of nitrogens with zero attached hydrogens (tertiary/aromatic N) is 4. The fourth-order valence-electron chi connectivity index (χ4n) is 4.96. The van der Waals surface area contributed by atoms with Crippen LogP contribution < -0.4 is 15.8 Å². The summed E-state index contributed by atoms with van der Waals surface area (Å²) in [6.07, 6.45) is 4.75. The fraction of sp³-hybridized carbons (Fsp3) is 0.577. The molecule has 184 valence electrons. The Kier molecular flexibility index (Phi) is 8.34. The van der Waals surface area contributed by atoms with Crippen molar-refractivity contribution in [2.24, 2.45) is 11.8 Å². The number of rotatable bonds is 9. The Morgan fingerprint density at radius 2 is 2.00 bits per heavy atom. The number of anilines is 1. The molecule has 1 unspecified atom stereocenters. The maximum absolute atomic E-state index is 12.8. The van der Waals surface area contributed by atoms with Gasteiger partial charge in [-0.15, -0.1) is 0 Å². The molecule has 2 aliphatic rings. The number of ether oxygens (including phenoxy) is 1. The van der Waals surface area contributed by atoms with E-state index in [1.54, 1.807) is 19.4 Å². The molecular formula is C26H37N5O3. The second-order valence-corrected chi connectivity index (χ2v) is 9.65. The number of hydrogen-bond donors (Lipinski definition) is 1. The highest BCUT2D eigenvalue weighted by molar-refractivity contribution is 5.80. The van der Waals surface area contributed by atoms with Crippen LogP contribution in [0.2, 0.25) is 0 Å². The van der Waals surface area contributed by atoms with Crippen LogP contribution in [0.1, 0.15) is 30.4 Å². The van der Waals surface area contributed by atoms with Gasteiger partial charge in [0.15, 0.2) is 0 Å². The first-order valence-corrected chi connectivity index (χ1v) is 12.4. The van der Waals surface area contributed by atoms with Crippen LogP contribution >= 0.6 is 0 Å². The average Bonchev–Trinajstić information content (AvgIpc) is 3.33. The third kappa shape index (κ3) is 6.45. The lowest BCUT2D eigenvalue weighted by Gasteiger charge is -2.32. The van der Waals surface area contributed by atoms with Crippen molar-refractivity contribution < 1.29 is 9.53 Å². The highest BCUT2D eigenvalue weighted by Crippen LogP contribution is 2.23. The predicted octanol–water partition coefficient (Wildman–Crippen LogP) is 2.05. The van der Waals surface area contributed by atoms with Gasteiger partial charge >= 0.3 is 0 Å². The molecule has 0 radical (unpaired) electrons. The molecule has 3 heterocycles. The van der Waals surface area contributed by atoms with Gasteiger partial charge in [-0.1, -0.05) is 29.8 Å². The van der Waals surface area contributed by atoms with Crippen molar-refractivity contribution in [2.45, 2.75) is 39.3 Å². The Balaban J connectivity index is 1.19. The van der Waals surface area contributed by atoms with Gasteiger partial charge in [-0.2, -0.15) is 5.10 Å². The van der Waals surface area contributed by atoms with Crippen LogP contribution in [0.3, 0.4) is 0 Å². The zero-order chi connectivity index (χ0) is 23.9. The number of methoxy groups -OCH3 is 1. The molecule has 2 saturated heterocycles. The van der Waals surface area contributed by atoms with Crippen molar-refractivity contribution in [3.8, 4) is 0 Å². The molecule has 0 aliphatic carbocycles. The SMILES string of the molecule is COCCn1ncc(N2CCC(C(=O)NCC3CCN(Cc4cccc(C)c4)CC3)C2)cc1=O. The molecule has 4 rings (SSSR count). The van der Waals surface area contributed by atoms with E-state index < -0.39 is 0 Å². The molecule has 1 aromatic heterocycles. The van der Waals surface area contributed by atoms with Crippen LogP contribution in [-0.4, -0.2) is 67.0 Å². The molecule has 34 heavy (non-hydrogen) atoms. The largest absolute Gasteiger partial charge is 0.383 e. The summed E-state index contributed by atoms with van der Waals surface area (Å²) >= 11 is 0. The fourth-order valence-corrected chi connectivity index (χ4v) is 4.96. The van der Waals surface area contributed by atoms with Gasteiger partial charge in [-0.25, -0.2) is 4.68 Å². The molecule has 8 heteroatoms. The minimum absolute atomic E-state index is 0.0441. The first-order valence-electron chi connectivity index (χ1n) is 12.4. The summed E-state index contributed by atoms with van der Waals surface area (Å²) < 4.78 is 6.42. The number of benzene rings is 1. The van der Waals surface area contributed by atoms with Gasteiger partial charge < -0.3 is 15.0 Å². The molecule has 8 nitrogen and oxygen atoms in total. The topological polar surface area (TPSA) is 79.7 Å². The summed E-state index contributed by atoms with van der Waals surface area (Å²) in [6.45, 7) is 8.33. The van der Waals surface area contributed by atoms with Crippen molar-refractivity contribution in [3.63, 3.8) is 0 Å². The second kappa shape index (κ2) is 11.6. The monoisotopic (exact) mass is 467 g/mol. The number of hydrogen-bond acceptors (Lipinski definition) is 6. The van der Waals surface area contributed by atoms with E-state index in [2.05, 4.69) is 51.4 Å². The minimum atomic E-state index is -0.142. The first kappa shape index (κ1) is 24.4. The lowest BCUT2D eigenvalue weighted by Crippen LogP contribution is -2.40. The van der Waals surface area contributed by atoms with Crippen LogP contribution in [0.25, 0.3) is 0 Å². The molecule has 1 aromatic carbocycles. The Hall–Kier alpha value is -2.71.